The number of ether oxygens (including phenoxy) is 1. The van der Waals surface area contributed by atoms with Gasteiger partial charge in [0.1, 0.15) is 17.3 Å². The molecule has 0 saturated heterocycles. The fourth-order valence-electron chi connectivity index (χ4n) is 4.53. The molecule has 0 amide bonds. The SMILES string of the molecule is COc1ccc(CNC2(c3ccccc3N)N=CNc3c(C)cn(-c4ccc(F)cc4O)c32)cc1. The molecule has 5 rings (SSSR count). The molecule has 0 radical (unpaired) electrons. The number of aromatic nitrogens is 1. The van der Waals surface area contributed by atoms with Crippen molar-refractivity contribution < 1.29 is 14.2 Å². The van der Waals surface area contributed by atoms with Crippen LogP contribution in [0.5, 0.6) is 11.5 Å². The highest BCUT2D eigenvalue weighted by Crippen LogP contribution is 2.44. The van der Waals surface area contributed by atoms with E-state index in [4.69, 9.17) is 15.5 Å². The summed E-state index contributed by atoms with van der Waals surface area (Å²) in [6, 6.07) is 19.3. The Morgan fingerprint density at radius 1 is 1.14 bits per heavy atom. The summed E-state index contributed by atoms with van der Waals surface area (Å²) in [7, 11) is 1.63. The molecule has 178 valence electrons. The summed E-state index contributed by atoms with van der Waals surface area (Å²) < 4.78 is 20.9. The van der Waals surface area contributed by atoms with E-state index in [0.717, 1.165) is 39.9 Å². The number of hydrogen-bond donors (Lipinski definition) is 4. The molecule has 0 aliphatic carbocycles. The van der Waals surface area contributed by atoms with Gasteiger partial charge in [-0.1, -0.05) is 30.3 Å². The number of nitrogens with zero attached hydrogens (tertiary/aromatic N) is 2. The molecule has 35 heavy (non-hydrogen) atoms. The van der Waals surface area contributed by atoms with Crippen molar-refractivity contribution >= 4 is 17.7 Å². The third kappa shape index (κ3) is 3.87. The van der Waals surface area contributed by atoms with Gasteiger partial charge in [-0.25, -0.2) is 9.38 Å². The van der Waals surface area contributed by atoms with Crippen molar-refractivity contribution in [1.82, 2.24) is 9.88 Å². The molecule has 3 aromatic carbocycles. The first-order valence-corrected chi connectivity index (χ1v) is 11.2. The number of phenols is 1. The minimum Gasteiger partial charge on any atom is -0.506 e. The Kier molecular flexibility index (Phi) is 5.66. The fourth-order valence-corrected chi connectivity index (χ4v) is 4.53. The van der Waals surface area contributed by atoms with E-state index in [1.807, 2.05) is 66.2 Å². The maximum Gasteiger partial charge on any atom is 0.183 e. The molecule has 0 bridgehead atoms. The minimum absolute atomic E-state index is 0.178. The quantitative estimate of drug-likeness (QED) is 0.307. The van der Waals surface area contributed by atoms with Crippen LogP contribution >= 0.6 is 0 Å². The van der Waals surface area contributed by atoms with Crippen molar-refractivity contribution in [1.29, 1.82) is 0 Å². The van der Waals surface area contributed by atoms with E-state index in [9.17, 15) is 9.50 Å². The van der Waals surface area contributed by atoms with Gasteiger partial charge in [-0.05, 0) is 48.4 Å². The number of methoxy groups -OCH3 is 1. The number of aliphatic imine (C=N–C) groups is 1. The van der Waals surface area contributed by atoms with Crippen LogP contribution in [0.3, 0.4) is 0 Å². The summed E-state index contributed by atoms with van der Waals surface area (Å²) in [5, 5.41) is 17.5. The van der Waals surface area contributed by atoms with Crippen LogP contribution < -0.4 is 21.1 Å². The van der Waals surface area contributed by atoms with Crippen molar-refractivity contribution in [2.75, 3.05) is 18.2 Å². The zero-order chi connectivity index (χ0) is 24.6. The van der Waals surface area contributed by atoms with Crippen LogP contribution in [0.1, 0.15) is 22.4 Å². The summed E-state index contributed by atoms with van der Waals surface area (Å²) in [5.41, 5.74) is 10.7. The number of anilines is 2. The summed E-state index contributed by atoms with van der Waals surface area (Å²) in [5.74, 6) is 0.0769. The summed E-state index contributed by atoms with van der Waals surface area (Å²) in [6.07, 6.45) is 3.54. The maximum absolute atomic E-state index is 13.8. The highest BCUT2D eigenvalue weighted by atomic mass is 19.1. The van der Waals surface area contributed by atoms with E-state index in [1.165, 1.54) is 6.07 Å². The van der Waals surface area contributed by atoms with E-state index < -0.39 is 11.5 Å². The topological polar surface area (TPSA) is 96.8 Å². The van der Waals surface area contributed by atoms with Crippen LogP contribution in [0.25, 0.3) is 5.69 Å². The van der Waals surface area contributed by atoms with E-state index in [2.05, 4.69) is 10.6 Å². The number of halogens is 1. The standard InChI is InChI=1S/C27H26FN5O2/c1-17-15-33(23-12-9-19(28)13-24(23)34)26-25(17)30-16-32-27(26,21-5-3-4-6-22(21)29)31-14-18-7-10-20(35-2)11-8-18/h3-13,15-16,31,34H,14,29H2,1-2H3,(H,30,32). The van der Waals surface area contributed by atoms with E-state index >= 15 is 0 Å². The molecule has 0 saturated carbocycles. The lowest BCUT2D eigenvalue weighted by atomic mass is 9.91. The molecule has 0 fully saturated rings. The number of hydrogen-bond acceptors (Lipinski definition) is 6. The van der Waals surface area contributed by atoms with Crippen molar-refractivity contribution in [2.45, 2.75) is 19.1 Å². The predicted molar refractivity (Wildman–Crippen MR) is 136 cm³/mol. The van der Waals surface area contributed by atoms with Gasteiger partial charge in [0.2, 0.25) is 0 Å². The Bertz CT molecular complexity index is 1410. The van der Waals surface area contributed by atoms with E-state index in [0.29, 0.717) is 17.9 Å². The number of rotatable bonds is 6. The summed E-state index contributed by atoms with van der Waals surface area (Å²) in [6.45, 7) is 2.43. The second-order valence-corrected chi connectivity index (χ2v) is 8.44. The van der Waals surface area contributed by atoms with Crippen LogP contribution in [0.4, 0.5) is 15.8 Å². The Balaban J connectivity index is 1.70. The average Bonchev–Trinajstić information content (AvgIpc) is 3.20. The van der Waals surface area contributed by atoms with E-state index in [-0.39, 0.29) is 5.75 Å². The predicted octanol–water partition coefficient (Wildman–Crippen LogP) is 4.67. The molecule has 1 aromatic heterocycles. The van der Waals surface area contributed by atoms with Crippen LogP contribution in [0, 0.1) is 12.7 Å². The zero-order valence-corrected chi connectivity index (χ0v) is 19.4. The van der Waals surface area contributed by atoms with Gasteiger partial charge >= 0.3 is 0 Å². The number of nitrogens with one attached hydrogen (secondary N) is 2. The first-order valence-electron chi connectivity index (χ1n) is 11.2. The molecule has 8 heteroatoms. The molecule has 2 heterocycles. The number of aromatic hydroxyl groups is 1. The Morgan fingerprint density at radius 2 is 1.91 bits per heavy atom. The molecule has 0 spiro atoms. The second-order valence-electron chi connectivity index (χ2n) is 8.44. The van der Waals surface area contributed by atoms with Gasteiger partial charge in [0.05, 0.1) is 30.5 Å². The number of fused-ring (bicyclic) bond motifs is 1. The number of aryl methyl sites for hydroxylation is 1. The monoisotopic (exact) mass is 471 g/mol. The van der Waals surface area contributed by atoms with Crippen LogP contribution in [-0.4, -0.2) is 23.1 Å². The number of nitrogen functional groups attached to an aromatic ring is 1. The lowest BCUT2D eigenvalue weighted by molar-refractivity contribution is 0.398. The first kappa shape index (κ1) is 22.5. The highest BCUT2D eigenvalue weighted by molar-refractivity contribution is 5.85. The Morgan fingerprint density at radius 3 is 2.63 bits per heavy atom. The lowest BCUT2D eigenvalue weighted by Crippen LogP contribution is -2.45. The third-order valence-electron chi connectivity index (χ3n) is 6.26. The third-order valence-corrected chi connectivity index (χ3v) is 6.26. The normalized spacial score (nSPS) is 16.5. The molecule has 1 aliphatic rings. The fraction of sp³-hybridized carbons (Fsp3) is 0.148. The largest absolute Gasteiger partial charge is 0.506 e. The van der Waals surface area contributed by atoms with E-state index in [1.54, 1.807) is 19.5 Å². The summed E-state index contributed by atoms with van der Waals surface area (Å²) >= 11 is 0. The zero-order valence-electron chi connectivity index (χ0n) is 19.4. The highest BCUT2D eigenvalue weighted by Gasteiger charge is 2.42. The lowest BCUT2D eigenvalue weighted by Gasteiger charge is -2.37. The van der Waals surface area contributed by atoms with Gasteiger partial charge in [0, 0.05) is 30.1 Å². The van der Waals surface area contributed by atoms with Crippen LogP contribution in [0.2, 0.25) is 0 Å². The van der Waals surface area contributed by atoms with Gasteiger partial charge in [0.15, 0.2) is 5.66 Å². The second kappa shape index (κ2) is 8.81. The van der Waals surface area contributed by atoms with Gasteiger partial charge in [-0.2, -0.15) is 0 Å². The molecular formula is C27H26FN5O2. The number of benzene rings is 3. The van der Waals surface area contributed by atoms with Crippen LogP contribution in [0.15, 0.2) is 77.9 Å². The maximum atomic E-state index is 13.8. The molecule has 7 nitrogen and oxygen atoms in total. The Labute approximate surface area is 202 Å². The molecule has 1 atom stereocenters. The van der Waals surface area contributed by atoms with Gasteiger partial charge < -0.3 is 25.5 Å². The van der Waals surface area contributed by atoms with Crippen molar-refractivity contribution in [3.05, 3.63) is 101 Å². The van der Waals surface area contributed by atoms with Crippen LogP contribution in [-0.2, 0) is 12.2 Å². The summed E-state index contributed by atoms with van der Waals surface area (Å²) in [4.78, 5) is 4.90. The smallest absolute Gasteiger partial charge is 0.183 e. The average molecular weight is 472 g/mol. The number of para-hydroxylation sites is 1. The number of nitrogens with two attached hydrogens (primary N) is 1. The molecule has 1 unspecified atom stereocenters. The van der Waals surface area contributed by atoms with Crippen molar-refractivity contribution in [3.63, 3.8) is 0 Å². The molecule has 4 aromatic rings. The van der Waals surface area contributed by atoms with Gasteiger partial charge in [-0.3, -0.25) is 5.32 Å². The first-order chi connectivity index (χ1) is 16.9. The van der Waals surface area contributed by atoms with Gasteiger partial charge in [-0.15, -0.1) is 0 Å². The molecule has 5 N–H and O–H groups in total. The van der Waals surface area contributed by atoms with Gasteiger partial charge in [0.25, 0.3) is 0 Å². The van der Waals surface area contributed by atoms with Crippen molar-refractivity contribution in [2.24, 2.45) is 4.99 Å². The number of phenolic OH excluding ortho intramolecular Hbond substituents is 1. The Hall–Kier alpha value is -4.30. The minimum atomic E-state index is -1.10. The van der Waals surface area contributed by atoms with Crippen molar-refractivity contribution in [3.8, 4) is 17.2 Å². The molecular weight excluding hydrogens is 445 g/mol. The molecule has 1 aliphatic heterocycles.